The highest BCUT2D eigenvalue weighted by Gasteiger charge is 2.34. The molecule has 1 aliphatic carbocycles. The molecule has 0 bridgehead atoms. The second-order valence-corrected chi connectivity index (χ2v) is 6.55. The monoisotopic (exact) mass is 327 g/mol. The molecule has 2 aliphatic rings. The van der Waals surface area contributed by atoms with Crippen molar-refractivity contribution in [2.45, 2.75) is 25.3 Å². The number of carbonyl (C=O) groups excluding carboxylic acids is 1. The van der Waals surface area contributed by atoms with E-state index in [1.54, 1.807) is 12.3 Å². The average molecular weight is 327 g/mol. The van der Waals surface area contributed by atoms with Crippen LogP contribution in [0.1, 0.15) is 40.5 Å². The minimum absolute atomic E-state index is 0.0308. The van der Waals surface area contributed by atoms with E-state index in [1.165, 1.54) is 24.6 Å². The van der Waals surface area contributed by atoms with Gasteiger partial charge in [0.25, 0.3) is 5.91 Å². The third kappa shape index (κ3) is 2.91. The van der Waals surface area contributed by atoms with E-state index in [2.05, 4.69) is 15.3 Å². The number of ether oxygens (including phenoxy) is 1. The largest absolute Gasteiger partial charge is 0.379 e. The highest BCUT2D eigenvalue weighted by atomic mass is 16.5. The fourth-order valence-corrected chi connectivity index (χ4v) is 3.28. The first-order valence-corrected chi connectivity index (χ1v) is 8.40. The third-order valence-corrected chi connectivity index (χ3v) is 4.80. The Bertz CT molecular complexity index is 726. The van der Waals surface area contributed by atoms with Crippen LogP contribution in [0.5, 0.6) is 0 Å². The normalized spacial score (nSPS) is 20.0. The van der Waals surface area contributed by atoms with E-state index < -0.39 is 0 Å². The number of hydrogen-bond donors (Lipinski definition) is 0. The molecule has 0 unspecified atom stereocenters. The summed E-state index contributed by atoms with van der Waals surface area (Å²) in [5.41, 5.74) is 2.84. The molecule has 1 fully saturated rings. The summed E-state index contributed by atoms with van der Waals surface area (Å²) in [6.07, 6.45) is 8.29. The molecular weight excluding hydrogens is 306 g/mol. The molecule has 7 nitrogen and oxygen atoms in total. The fourth-order valence-electron chi connectivity index (χ4n) is 3.28. The summed E-state index contributed by atoms with van der Waals surface area (Å²) in [6, 6.07) is 1.59. The van der Waals surface area contributed by atoms with Crippen molar-refractivity contribution in [1.29, 1.82) is 0 Å². The van der Waals surface area contributed by atoms with Gasteiger partial charge in [0.2, 0.25) is 0 Å². The lowest BCUT2D eigenvalue weighted by Crippen LogP contribution is -2.42. The van der Waals surface area contributed by atoms with E-state index >= 15 is 0 Å². The van der Waals surface area contributed by atoms with E-state index in [0.717, 1.165) is 18.7 Å². The van der Waals surface area contributed by atoms with Gasteiger partial charge >= 0.3 is 0 Å². The SMILES string of the molecule is Cn1ncc2c1[C@@H](COCC1CC1)N(C(=O)c1ccnnc1)CC2. The lowest BCUT2D eigenvalue weighted by atomic mass is 9.99. The number of rotatable bonds is 5. The van der Waals surface area contributed by atoms with Crippen LogP contribution in [-0.4, -0.2) is 50.5 Å². The van der Waals surface area contributed by atoms with Crippen molar-refractivity contribution in [2.75, 3.05) is 19.8 Å². The first-order valence-electron chi connectivity index (χ1n) is 8.40. The quantitative estimate of drug-likeness (QED) is 0.829. The number of aryl methyl sites for hydroxylation is 1. The van der Waals surface area contributed by atoms with Gasteiger partial charge in [0.15, 0.2) is 0 Å². The summed E-state index contributed by atoms with van der Waals surface area (Å²) in [7, 11) is 1.93. The summed E-state index contributed by atoms with van der Waals surface area (Å²) in [5.74, 6) is 0.671. The van der Waals surface area contributed by atoms with E-state index in [0.29, 0.717) is 24.6 Å². The first kappa shape index (κ1) is 15.3. The first-order chi connectivity index (χ1) is 11.7. The van der Waals surface area contributed by atoms with Crippen LogP contribution < -0.4 is 0 Å². The zero-order valence-electron chi connectivity index (χ0n) is 13.8. The molecule has 0 saturated heterocycles. The Morgan fingerprint density at radius 2 is 2.17 bits per heavy atom. The van der Waals surface area contributed by atoms with Gasteiger partial charge in [0.05, 0.1) is 42.5 Å². The molecule has 0 radical (unpaired) electrons. The maximum Gasteiger partial charge on any atom is 0.256 e. The highest BCUT2D eigenvalue weighted by Crippen LogP contribution is 2.33. The molecule has 1 amide bonds. The number of aromatic nitrogens is 4. The summed E-state index contributed by atoms with van der Waals surface area (Å²) < 4.78 is 7.80. The zero-order chi connectivity index (χ0) is 16.5. The number of amides is 1. The van der Waals surface area contributed by atoms with Crippen molar-refractivity contribution in [3.63, 3.8) is 0 Å². The van der Waals surface area contributed by atoms with E-state index in [9.17, 15) is 4.79 Å². The molecule has 1 atom stereocenters. The van der Waals surface area contributed by atoms with Crippen molar-refractivity contribution in [1.82, 2.24) is 24.9 Å². The van der Waals surface area contributed by atoms with Crippen molar-refractivity contribution in [3.05, 3.63) is 41.5 Å². The molecule has 1 aliphatic heterocycles. The molecule has 4 rings (SSSR count). The second kappa shape index (κ2) is 6.32. The van der Waals surface area contributed by atoms with E-state index in [4.69, 9.17) is 4.74 Å². The van der Waals surface area contributed by atoms with Crippen LogP contribution in [0.25, 0.3) is 0 Å². The van der Waals surface area contributed by atoms with Gasteiger partial charge in [0.1, 0.15) is 0 Å². The van der Waals surface area contributed by atoms with E-state index in [-0.39, 0.29) is 11.9 Å². The van der Waals surface area contributed by atoms with Crippen LogP contribution in [0, 0.1) is 5.92 Å². The van der Waals surface area contributed by atoms with Crippen molar-refractivity contribution in [3.8, 4) is 0 Å². The van der Waals surface area contributed by atoms with Gasteiger partial charge in [-0.25, -0.2) is 0 Å². The van der Waals surface area contributed by atoms with Crippen molar-refractivity contribution >= 4 is 5.91 Å². The number of carbonyl (C=O) groups is 1. The van der Waals surface area contributed by atoms with Crippen LogP contribution in [0.4, 0.5) is 0 Å². The molecular formula is C17H21N5O2. The summed E-state index contributed by atoms with van der Waals surface area (Å²) >= 11 is 0. The van der Waals surface area contributed by atoms with Crippen LogP contribution in [0.15, 0.2) is 24.7 Å². The number of fused-ring (bicyclic) bond motifs is 1. The topological polar surface area (TPSA) is 73.1 Å². The molecule has 126 valence electrons. The fraction of sp³-hybridized carbons (Fsp3) is 0.529. The Balaban J connectivity index is 1.59. The van der Waals surface area contributed by atoms with Gasteiger partial charge in [0, 0.05) is 20.2 Å². The van der Waals surface area contributed by atoms with Crippen LogP contribution in [0.3, 0.4) is 0 Å². The summed E-state index contributed by atoms with van der Waals surface area (Å²) in [6.45, 7) is 1.95. The van der Waals surface area contributed by atoms with Crippen LogP contribution in [-0.2, 0) is 18.2 Å². The third-order valence-electron chi connectivity index (χ3n) is 4.80. The maximum absolute atomic E-state index is 12.9. The predicted octanol–water partition coefficient (Wildman–Crippen LogP) is 1.38. The summed E-state index contributed by atoms with van der Waals surface area (Å²) in [4.78, 5) is 14.8. The molecule has 7 heteroatoms. The van der Waals surface area contributed by atoms with E-state index in [1.807, 2.05) is 22.8 Å². The molecule has 3 heterocycles. The van der Waals surface area contributed by atoms with Gasteiger partial charge in [-0.2, -0.15) is 15.3 Å². The zero-order valence-corrected chi connectivity index (χ0v) is 13.8. The Morgan fingerprint density at radius 1 is 1.29 bits per heavy atom. The maximum atomic E-state index is 12.9. The Morgan fingerprint density at radius 3 is 2.92 bits per heavy atom. The van der Waals surface area contributed by atoms with Crippen LogP contribution >= 0.6 is 0 Å². The molecule has 24 heavy (non-hydrogen) atoms. The summed E-state index contributed by atoms with van der Waals surface area (Å²) in [5, 5.41) is 11.9. The van der Waals surface area contributed by atoms with Crippen LogP contribution in [0.2, 0.25) is 0 Å². The van der Waals surface area contributed by atoms with Crippen molar-refractivity contribution in [2.24, 2.45) is 13.0 Å². The van der Waals surface area contributed by atoms with Gasteiger partial charge in [-0.1, -0.05) is 0 Å². The molecule has 0 spiro atoms. The Labute approximate surface area is 140 Å². The van der Waals surface area contributed by atoms with Crippen molar-refractivity contribution < 1.29 is 9.53 Å². The van der Waals surface area contributed by atoms with Gasteiger partial charge in [-0.05, 0) is 36.8 Å². The minimum Gasteiger partial charge on any atom is -0.379 e. The van der Waals surface area contributed by atoms with Gasteiger partial charge < -0.3 is 9.64 Å². The average Bonchev–Trinajstić information content (AvgIpc) is 3.37. The minimum atomic E-state index is -0.110. The lowest BCUT2D eigenvalue weighted by Gasteiger charge is -2.36. The number of nitrogens with zero attached hydrogens (tertiary/aromatic N) is 5. The highest BCUT2D eigenvalue weighted by molar-refractivity contribution is 5.94. The second-order valence-electron chi connectivity index (χ2n) is 6.55. The smallest absolute Gasteiger partial charge is 0.256 e. The lowest BCUT2D eigenvalue weighted by molar-refractivity contribution is 0.0348. The standard InChI is InChI=1S/C17H21N5O2/c1-21-16-13(9-20-21)5-7-22(15(16)11-24-10-12-2-3-12)17(23)14-4-6-18-19-8-14/h4,6,8-9,12,15H,2-3,5,7,10-11H2,1H3/t15-/m1/s1. The Hall–Kier alpha value is -2.28. The predicted molar refractivity (Wildman–Crippen MR) is 86.3 cm³/mol. The van der Waals surface area contributed by atoms with Gasteiger partial charge in [-0.3, -0.25) is 9.48 Å². The Kier molecular flexibility index (Phi) is 4.02. The molecule has 0 aromatic carbocycles. The van der Waals surface area contributed by atoms with Gasteiger partial charge in [-0.15, -0.1) is 0 Å². The molecule has 2 aromatic rings. The molecule has 2 aromatic heterocycles. The molecule has 1 saturated carbocycles. The number of hydrogen-bond acceptors (Lipinski definition) is 5. The molecule has 0 N–H and O–H groups in total.